The minimum atomic E-state index is -0.580. The lowest BCUT2D eigenvalue weighted by Crippen LogP contribution is -2.42. The van der Waals surface area contributed by atoms with Gasteiger partial charge >= 0.3 is 18.0 Å². The first kappa shape index (κ1) is 22.2. The van der Waals surface area contributed by atoms with Crippen LogP contribution in [0.3, 0.4) is 0 Å². The largest absolute Gasteiger partial charge is 0.461 e. The highest BCUT2D eigenvalue weighted by molar-refractivity contribution is 5.83. The van der Waals surface area contributed by atoms with Gasteiger partial charge in [-0.3, -0.25) is 4.79 Å². The first-order valence-electron chi connectivity index (χ1n) is 9.30. The summed E-state index contributed by atoms with van der Waals surface area (Å²) in [6.45, 7) is 12.6. The molecule has 0 spiro atoms. The first-order chi connectivity index (χ1) is 12.2. The number of hydrogen-bond donors (Lipinski definition) is 2. The van der Waals surface area contributed by atoms with E-state index in [0.717, 1.165) is 13.0 Å². The first-order valence-corrected chi connectivity index (χ1v) is 9.30. The zero-order valence-electron chi connectivity index (χ0n) is 16.5. The Balaban J connectivity index is 0.000000263. The van der Waals surface area contributed by atoms with Crippen molar-refractivity contribution in [3.8, 4) is 0 Å². The lowest BCUT2D eigenvalue weighted by Gasteiger charge is -2.13. The van der Waals surface area contributed by atoms with Crippen LogP contribution in [0.5, 0.6) is 0 Å². The van der Waals surface area contributed by atoms with E-state index >= 15 is 0 Å². The van der Waals surface area contributed by atoms with E-state index in [1.54, 1.807) is 13.8 Å². The van der Waals surface area contributed by atoms with Gasteiger partial charge in [0.1, 0.15) is 24.3 Å². The SMILES string of the molecule is CCCNC1C(=O)O[C@@H](C)[C@@H]1C.CCOC(=O)NC1C(=O)O[C@@H](C)[C@@H]1C. The number of nitrogens with one attached hydrogen (secondary N) is 2. The summed E-state index contributed by atoms with van der Waals surface area (Å²) in [7, 11) is 0. The fraction of sp³-hybridized carbons (Fsp3) is 0.833. The highest BCUT2D eigenvalue weighted by Crippen LogP contribution is 2.22. The molecule has 2 aliphatic rings. The van der Waals surface area contributed by atoms with Gasteiger partial charge in [0.2, 0.25) is 0 Å². The van der Waals surface area contributed by atoms with Crippen molar-refractivity contribution in [1.29, 1.82) is 0 Å². The van der Waals surface area contributed by atoms with Crippen molar-refractivity contribution in [2.45, 2.75) is 72.3 Å². The van der Waals surface area contributed by atoms with Crippen molar-refractivity contribution in [2.24, 2.45) is 11.8 Å². The molecule has 2 aliphatic heterocycles. The number of amides is 1. The second-order valence-electron chi connectivity index (χ2n) is 6.78. The summed E-state index contributed by atoms with van der Waals surface area (Å²) < 4.78 is 14.7. The van der Waals surface area contributed by atoms with Crippen molar-refractivity contribution in [2.75, 3.05) is 13.2 Å². The van der Waals surface area contributed by atoms with E-state index in [9.17, 15) is 14.4 Å². The van der Waals surface area contributed by atoms with Crippen LogP contribution >= 0.6 is 0 Å². The average molecular weight is 372 g/mol. The molecule has 6 atom stereocenters. The van der Waals surface area contributed by atoms with Gasteiger partial charge in [0.05, 0.1) is 6.61 Å². The number of esters is 2. The Labute approximate surface area is 155 Å². The molecular formula is C18H32N2O6. The molecule has 150 valence electrons. The van der Waals surface area contributed by atoms with Gasteiger partial charge in [-0.25, -0.2) is 9.59 Å². The van der Waals surface area contributed by atoms with Crippen molar-refractivity contribution in [1.82, 2.24) is 10.6 Å². The Morgan fingerprint density at radius 3 is 1.85 bits per heavy atom. The van der Waals surface area contributed by atoms with Gasteiger partial charge in [0.15, 0.2) is 0 Å². The van der Waals surface area contributed by atoms with Crippen LogP contribution in [0.25, 0.3) is 0 Å². The second kappa shape index (κ2) is 10.4. The third-order valence-electron chi connectivity index (χ3n) is 4.81. The molecule has 2 N–H and O–H groups in total. The average Bonchev–Trinajstić information content (AvgIpc) is 2.96. The molecule has 2 rings (SSSR count). The standard InChI is InChI=1S/C9H15NO4.C9H17NO2/c1-4-13-9(12)10-7-5(2)6(3)14-8(7)11;1-4-5-10-8-6(2)7(3)12-9(8)11/h5-7H,4H2,1-3H3,(H,10,12);6-8,10H,4-5H2,1-3H3/t5-,6-,7?;6-,7-,8?/m00/s1. The Hall–Kier alpha value is -1.83. The number of rotatable bonds is 5. The molecule has 26 heavy (non-hydrogen) atoms. The molecule has 2 unspecified atom stereocenters. The summed E-state index contributed by atoms with van der Waals surface area (Å²) in [5.41, 5.74) is 0. The van der Waals surface area contributed by atoms with E-state index in [-0.39, 0.29) is 36.7 Å². The van der Waals surface area contributed by atoms with Gasteiger partial charge in [0.25, 0.3) is 0 Å². The van der Waals surface area contributed by atoms with E-state index in [2.05, 4.69) is 22.3 Å². The topological polar surface area (TPSA) is 103 Å². The predicted octanol–water partition coefficient (Wildman–Crippen LogP) is 1.62. The Bertz CT molecular complexity index is 498. The summed E-state index contributed by atoms with van der Waals surface area (Å²) in [5, 5.41) is 5.66. The van der Waals surface area contributed by atoms with Gasteiger partial charge in [-0.2, -0.15) is 0 Å². The molecule has 8 heteroatoms. The molecule has 0 aliphatic carbocycles. The highest BCUT2D eigenvalue weighted by atomic mass is 16.6. The van der Waals surface area contributed by atoms with Crippen LogP contribution in [-0.2, 0) is 23.8 Å². The molecule has 0 aromatic heterocycles. The summed E-state index contributed by atoms with van der Waals surface area (Å²) in [4.78, 5) is 33.5. The molecule has 2 heterocycles. The van der Waals surface area contributed by atoms with Crippen LogP contribution in [0.4, 0.5) is 4.79 Å². The fourth-order valence-electron chi connectivity index (χ4n) is 2.76. The van der Waals surface area contributed by atoms with E-state index in [1.165, 1.54) is 0 Å². The molecule has 0 aromatic carbocycles. The van der Waals surface area contributed by atoms with Crippen molar-refractivity contribution < 1.29 is 28.6 Å². The smallest absolute Gasteiger partial charge is 0.407 e. The van der Waals surface area contributed by atoms with Crippen molar-refractivity contribution in [3.05, 3.63) is 0 Å². The molecular weight excluding hydrogens is 340 g/mol. The fourth-order valence-corrected chi connectivity index (χ4v) is 2.76. The molecule has 1 amide bonds. The van der Waals surface area contributed by atoms with Gasteiger partial charge in [-0.15, -0.1) is 0 Å². The van der Waals surface area contributed by atoms with Gasteiger partial charge < -0.3 is 24.8 Å². The lowest BCUT2D eigenvalue weighted by atomic mass is 10.0. The normalized spacial score (nSPS) is 33.0. The van der Waals surface area contributed by atoms with Crippen LogP contribution < -0.4 is 10.6 Å². The quantitative estimate of drug-likeness (QED) is 0.558. The van der Waals surface area contributed by atoms with E-state index < -0.39 is 18.1 Å². The second-order valence-corrected chi connectivity index (χ2v) is 6.78. The number of alkyl carbamates (subject to hydrolysis) is 1. The third-order valence-corrected chi connectivity index (χ3v) is 4.81. The van der Waals surface area contributed by atoms with E-state index in [0.29, 0.717) is 5.92 Å². The molecule has 2 saturated heterocycles. The van der Waals surface area contributed by atoms with Crippen LogP contribution in [0.15, 0.2) is 0 Å². The summed E-state index contributed by atoms with van der Waals surface area (Å²) in [6.07, 6.45) is 0.377. The number of carbonyl (C=O) groups excluding carboxylic acids is 3. The maximum absolute atomic E-state index is 11.2. The zero-order chi connectivity index (χ0) is 19.9. The Kier molecular flexibility index (Phi) is 8.84. The van der Waals surface area contributed by atoms with Gasteiger partial charge in [0, 0.05) is 11.8 Å². The molecule has 0 saturated carbocycles. The van der Waals surface area contributed by atoms with Gasteiger partial charge in [-0.05, 0) is 33.7 Å². The Morgan fingerprint density at radius 1 is 0.962 bits per heavy atom. The van der Waals surface area contributed by atoms with Crippen LogP contribution in [0.1, 0.15) is 48.0 Å². The maximum atomic E-state index is 11.2. The molecule has 8 nitrogen and oxygen atoms in total. The number of hydrogen-bond acceptors (Lipinski definition) is 7. The molecule has 0 aromatic rings. The summed E-state index contributed by atoms with van der Waals surface area (Å²) >= 11 is 0. The number of ether oxygens (including phenoxy) is 3. The number of cyclic esters (lactones) is 2. The molecule has 0 radical (unpaired) electrons. The third kappa shape index (κ3) is 5.86. The van der Waals surface area contributed by atoms with Crippen LogP contribution in [0.2, 0.25) is 0 Å². The molecule has 0 bridgehead atoms. The monoisotopic (exact) mass is 372 g/mol. The Morgan fingerprint density at radius 2 is 1.46 bits per heavy atom. The van der Waals surface area contributed by atoms with Crippen molar-refractivity contribution >= 4 is 18.0 Å². The van der Waals surface area contributed by atoms with Crippen LogP contribution in [-0.4, -0.2) is 55.5 Å². The predicted molar refractivity (Wildman–Crippen MR) is 95.5 cm³/mol. The van der Waals surface area contributed by atoms with E-state index in [4.69, 9.17) is 9.47 Å². The van der Waals surface area contributed by atoms with Crippen LogP contribution in [0, 0.1) is 11.8 Å². The molecule has 2 fully saturated rings. The minimum absolute atomic E-state index is 0.0214. The minimum Gasteiger partial charge on any atom is -0.461 e. The highest BCUT2D eigenvalue weighted by Gasteiger charge is 2.40. The summed E-state index contributed by atoms with van der Waals surface area (Å²) in [5.74, 6) is -0.211. The number of carbonyl (C=O) groups is 3. The van der Waals surface area contributed by atoms with E-state index in [1.807, 2.05) is 20.8 Å². The zero-order valence-corrected chi connectivity index (χ0v) is 16.5. The van der Waals surface area contributed by atoms with Gasteiger partial charge in [-0.1, -0.05) is 20.8 Å². The lowest BCUT2D eigenvalue weighted by molar-refractivity contribution is -0.143. The summed E-state index contributed by atoms with van der Waals surface area (Å²) in [6, 6.07) is -0.663. The van der Waals surface area contributed by atoms with Crippen molar-refractivity contribution in [3.63, 3.8) is 0 Å². The maximum Gasteiger partial charge on any atom is 0.407 e.